The molecule has 2 heterocycles. The van der Waals surface area contributed by atoms with Gasteiger partial charge in [-0.05, 0) is 39.7 Å². The fraction of sp³-hybridized carbons (Fsp3) is 1.00. The molecule has 0 amide bonds. The predicted molar refractivity (Wildman–Crippen MR) is 88.7 cm³/mol. The molecule has 0 aromatic heterocycles. The van der Waals surface area contributed by atoms with Crippen molar-refractivity contribution in [3.05, 3.63) is 0 Å². The normalized spacial score (nSPS) is 34.3. The second-order valence-corrected chi connectivity index (χ2v) is 7.76. The molecule has 0 aromatic rings. The van der Waals surface area contributed by atoms with Crippen molar-refractivity contribution in [3.8, 4) is 0 Å². The van der Waals surface area contributed by atoms with Gasteiger partial charge in [0.1, 0.15) is 0 Å². The van der Waals surface area contributed by atoms with Crippen LogP contribution in [0, 0.1) is 5.92 Å². The quantitative estimate of drug-likeness (QED) is 0.768. The number of hydrogen-bond acceptors (Lipinski definition) is 4. The van der Waals surface area contributed by atoms with Crippen LogP contribution in [-0.4, -0.2) is 97.6 Å². The summed E-state index contributed by atoms with van der Waals surface area (Å²) in [7, 11) is 2.25. The van der Waals surface area contributed by atoms with E-state index in [1.54, 1.807) is 0 Å². The monoisotopic (exact) mass is 294 g/mol. The molecule has 0 bridgehead atoms. The van der Waals surface area contributed by atoms with E-state index in [4.69, 9.17) is 0 Å². The van der Waals surface area contributed by atoms with E-state index in [0.717, 1.165) is 18.0 Å². The number of hydrogen-bond donors (Lipinski definition) is 0. The Hall–Kier alpha value is -0.160. The third-order valence-corrected chi connectivity index (χ3v) is 5.92. The van der Waals surface area contributed by atoms with E-state index in [2.05, 4.69) is 40.5 Å². The molecule has 0 unspecified atom stereocenters. The maximum Gasteiger partial charge on any atom is 0.0113 e. The summed E-state index contributed by atoms with van der Waals surface area (Å²) in [6.07, 6.45) is 2.90. The zero-order valence-corrected chi connectivity index (χ0v) is 14.3. The fourth-order valence-corrected chi connectivity index (χ4v) is 4.16. The van der Waals surface area contributed by atoms with Gasteiger partial charge in [-0.1, -0.05) is 0 Å². The highest BCUT2D eigenvalue weighted by Gasteiger charge is 2.35. The number of likely N-dealkylation sites (N-methyl/N-ethyl adjacent to an activating group) is 1. The van der Waals surface area contributed by atoms with E-state index in [1.807, 2.05) is 0 Å². The van der Waals surface area contributed by atoms with E-state index in [1.165, 1.54) is 71.7 Å². The van der Waals surface area contributed by atoms with Gasteiger partial charge in [-0.15, -0.1) is 0 Å². The molecule has 0 N–H and O–H groups in total. The Morgan fingerprint density at radius 1 is 0.857 bits per heavy atom. The lowest BCUT2D eigenvalue weighted by atomic mass is 9.78. The van der Waals surface area contributed by atoms with Crippen LogP contribution < -0.4 is 0 Å². The molecule has 122 valence electrons. The summed E-state index contributed by atoms with van der Waals surface area (Å²) in [6, 6.07) is 1.62. The van der Waals surface area contributed by atoms with Gasteiger partial charge in [-0.25, -0.2) is 0 Å². The second kappa shape index (κ2) is 6.95. The highest BCUT2D eigenvalue weighted by atomic mass is 15.3. The average molecular weight is 294 g/mol. The summed E-state index contributed by atoms with van der Waals surface area (Å²) in [5.41, 5.74) is 0. The maximum absolute atomic E-state index is 2.74. The standard InChI is InChI=1S/C17H34N4/c1-15(2)20-10-6-19(7-11-20)14-16-12-17(13-16)21-8-4-18(3)5-9-21/h15-17H,4-14H2,1-3H3. The summed E-state index contributed by atoms with van der Waals surface area (Å²) in [5.74, 6) is 0.972. The first-order valence-corrected chi connectivity index (χ1v) is 9.01. The molecule has 3 aliphatic rings. The Morgan fingerprint density at radius 2 is 1.48 bits per heavy atom. The Kier molecular flexibility index (Phi) is 5.20. The minimum absolute atomic E-state index is 0.720. The number of piperazine rings is 2. The van der Waals surface area contributed by atoms with Crippen LogP contribution in [0.3, 0.4) is 0 Å². The lowest BCUT2D eigenvalue weighted by Gasteiger charge is -2.48. The molecule has 3 rings (SSSR count). The molecular weight excluding hydrogens is 260 g/mol. The van der Waals surface area contributed by atoms with Crippen molar-refractivity contribution >= 4 is 0 Å². The molecule has 2 saturated heterocycles. The van der Waals surface area contributed by atoms with Crippen LogP contribution in [0.4, 0.5) is 0 Å². The summed E-state index contributed by atoms with van der Waals surface area (Å²) >= 11 is 0. The second-order valence-electron chi connectivity index (χ2n) is 7.76. The average Bonchev–Trinajstić information content (AvgIpc) is 2.44. The van der Waals surface area contributed by atoms with Crippen LogP contribution in [0.5, 0.6) is 0 Å². The number of nitrogens with zero attached hydrogens (tertiary/aromatic N) is 4. The van der Waals surface area contributed by atoms with Gasteiger partial charge in [0.25, 0.3) is 0 Å². The van der Waals surface area contributed by atoms with Gasteiger partial charge >= 0.3 is 0 Å². The highest BCUT2D eigenvalue weighted by Crippen LogP contribution is 2.33. The Balaban J connectivity index is 1.32. The van der Waals surface area contributed by atoms with Gasteiger partial charge in [-0.3, -0.25) is 9.80 Å². The lowest BCUT2D eigenvalue weighted by molar-refractivity contribution is 0.0168. The van der Waals surface area contributed by atoms with Crippen molar-refractivity contribution in [2.45, 2.75) is 38.8 Å². The largest absolute Gasteiger partial charge is 0.304 e. The molecule has 2 aliphatic heterocycles. The third kappa shape index (κ3) is 3.98. The van der Waals surface area contributed by atoms with Crippen LogP contribution in [0.25, 0.3) is 0 Å². The van der Waals surface area contributed by atoms with Crippen LogP contribution in [0.15, 0.2) is 0 Å². The SMILES string of the molecule is CC(C)N1CCN(CC2CC(N3CCN(C)CC3)C2)CC1. The molecule has 0 radical (unpaired) electrons. The van der Waals surface area contributed by atoms with Gasteiger partial charge in [0.15, 0.2) is 0 Å². The van der Waals surface area contributed by atoms with E-state index in [-0.39, 0.29) is 0 Å². The van der Waals surface area contributed by atoms with E-state index >= 15 is 0 Å². The Morgan fingerprint density at radius 3 is 2.05 bits per heavy atom. The molecule has 4 nitrogen and oxygen atoms in total. The summed E-state index contributed by atoms with van der Waals surface area (Å²) < 4.78 is 0. The lowest BCUT2D eigenvalue weighted by Crippen LogP contribution is -2.56. The van der Waals surface area contributed by atoms with Crippen molar-refractivity contribution in [2.75, 3.05) is 66.0 Å². The van der Waals surface area contributed by atoms with Gasteiger partial charge in [0.05, 0.1) is 0 Å². The first-order valence-electron chi connectivity index (χ1n) is 9.01. The Labute approximate surface area is 131 Å². The van der Waals surface area contributed by atoms with E-state index in [0.29, 0.717) is 0 Å². The molecule has 1 aliphatic carbocycles. The van der Waals surface area contributed by atoms with Gasteiger partial charge < -0.3 is 9.80 Å². The first kappa shape index (κ1) is 15.7. The molecule has 1 saturated carbocycles. The summed E-state index contributed by atoms with van der Waals surface area (Å²) in [4.78, 5) is 10.5. The minimum Gasteiger partial charge on any atom is -0.304 e. The fourth-order valence-electron chi connectivity index (χ4n) is 4.16. The third-order valence-electron chi connectivity index (χ3n) is 5.92. The van der Waals surface area contributed by atoms with E-state index in [9.17, 15) is 0 Å². The topological polar surface area (TPSA) is 13.0 Å². The molecule has 3 fully saturated rings. The predicted octanol–water partition coefficient (Wildman–Crippen LogP) is 1.04. The molecule has 21 heavy (non-hydrogen) atoms. The first-order chi connectivity index (χ1) is 10.1. The van der Waals surface area contributed by atoms with Gasteiger partial charge in [-0.2, -0.15) is 0 Å². The number of rotatable bonds is 4. The van der Waals surface area contributed by atoms with Crippen molar-refractivity contribution in [3.63, 3.8) is 0 Å². The zero-order valence-electron chi connectivity index (χ0n) is 14.3. The van der Waals surface area contributed by atoms with Crippen molar-refractivity contribution < 1.29 is 0 Å². The minimum atomic E-state index is 0.720. The van der Waals surface area contributed by atoms with Crippen molar-refractivity contribution in [1.82, 2.24) is 19.6 Å². The summed E-state index contributed by atoms with van der Waals surface area (Å²) in [5, 5.41) is 0. The van der Waals surface area contributed by atoms with Crippen LogP contribution in [0.1, 0.15) is 26.7 Å². The van der Waals surface area contributed by atoms with Crippen molar-refractivity contribution in [2.24, 2.45) is 5.92 Å². The molecular formula is C17H34N4. The van der Waals surface area contributed by atoms with Crippen molar-refractivity contribution in [1.29, 1.82) is 0 Å². The van der Waals surface area contributed by atoms with Crippen LogP contribution in [0.2, 0.25) is 0 Å². The smallest absolute Gasteiger partial charge is 0.0113 e. The molecule has 4 heteroatoms. The van der Waals surface area contributed by atoms with E-state index < -0.39 is 0 Å². The van der Waals surface area contributed by atoms with Crippen LogP contribution >= 0.6 is 0 Å². The summed E-state index contributed by atoms with van der Waals surface area (Å²) in [6.45, 7) is 16.2. The molecule has 0 atom stereocenters. The van der Waals surface area contributed by atoms with Gasteiger partial charge in [0, 0.05) is 71.0 Å². The zero-order chi connectivity index (χ0) is 14.8. The van der Waals surface area contributed by atoms with Gasteiger partial charge in [0.2, 0.25) is 0 Å². The maximum atomic E-state index is 2.74. The molecule has 0 spiro atoms. The van der Waals surface area contributed by atoms with Crippen LogP contribution in [-0.2, 0) is 0 Å². The Bertz CT molecular complexity index is 311. The highest BCUT2D eigenvalue weighted by molar-refractivity contribution is 4.91. The molecule has 0 aromatic carbocycles.